The van der Waals surface area contributed by atoms with E-state index >= 15 is 0 Å². The van der Waals surface area contributed by atoms with Crippen LogP contribution in [0.4, 0.5) is 0 Å². The second-order valence-electron chi connectivity index (χ2n) is 3.77. The van der Waals surface area contributed by atoms with E-state index in [9.17, 15) is 9.59 Å². The quantitative estimate of drug-likeness (QED) is 0.594. The SMILES string of the molecule is O=C1C(=Cc2ccn[nH]2)C(=O)c2ccccc21. The van der Waals surface area contributed by atoms with E-state index < -0.39 is 0 Å². The Bertz CT molecular complexity index is 602. The van der Waals surface area contributed by atoms with Gasteiger partial charge in [-0.25, -0.2) is 0 Å². The first-order chi connectivity index (χ1) is 8.27. The van der Waals surface area contributed by atoms with Crippen molar-refractivity contribution in [1.29, 1.82) is 0 Å². The van der Waals surface area contributed by atoms with Crippen LogP contribution in [0.15, 0.2) is 42.1 Å². The molecule has 1 N–H and O–H groups in total. The lowest BCUT2D eigenvalue weighted by Gasteiger charge is -1.91. The minimum atomic E-state index is -0.222. The number of carbonyl (C=O) groups is 2. The van der Waals surface area contributed by atoms with Crippen molar-refractivity contribution < 1.29 is 9.59 Å². The topological polar surface area (TPSA) is 62.8 Å². The van der Waals surface area contributed by atoms with Crippen molar-refractivity contribution in [3.05, 3.63) is 58.9 Å². The number of aromatic nitrogens is 2. The van der Waals surface area contributed by atoms with E-state index in [2.05, 4.69) is 10.2 Å². The number of benzene rings is 1. The molecule has 1 heterocycles. The van der Waals surface area contributed by atoms with E-state index in [1.807, 2.05) is 0 Å². The molecule has 0 atom stereocenters. The fraction of sp³-hybridized carbons (Fsp3) is 0. The van der Waals surface area contributed by atoms with Crippen LogP contribution in [-0.4, -0.2) is 21.8 Å². The van der Waals surface area contributed by atoms with Gasteiger partial charge in [-0.2, -0.15) is 5.10 Å². The largest absolute Gasteiger partial charge is 0.288 e. The van der Waals surface area contributed by atoms with Gasteiger partial charge in [0.05, 0.1) is 11.3 Å². The normalized spacial score (nSPS) is 14.0. The first-order valence-electron chi connectivity index (χ1n) is 5.17. The van der Waals surface area contributed by atoms with E-state index in [1.165, 1.54) is 6.08 Å². The van der Waals surface area contributed by atoms with Gasteiger partial charge in [0, 0.05) is 17.3 Å². The van der Waals surface area contributed by atoms with Gasteiger partial charge in [-0.1, -0.05) is 24.3 Å². The molecule has 1 aromatic carbocycles. The third kappa shape index (κ3) is 1.42. The molecule has 0 bridgehead atoms. The zero-order chi connectivity index (χ0) is 11.8. The van der Waals surface area contributed by atoms with Crippen molar-refractivity contribution >= 4 is 17.6 Å². The maximum absolute atomic E-state index is 12.0. The Morgan fingerprint density at radius 3 is 2.18 bits per heavy atom. The van der Waals surface area contributed by atoms with Crippen LogP contribution < -0.4 is 0 Å². The molecule has 17 heavy (non-hydrogen) atoms. The molecule has 0 aliphatic heterocycles. The molecule has 4 heteroatoms. The summed E-state index contributed by atoms with van der Waals surface area (Å²) in [4.78, 5) is 24.0. The van der Waals surface area contributed by atoms with Gasteiger partial charge in [0.25, 0.3) is 0 Å². The van der Waals surface area contributed by atoms with Gasteiger partial charge in [-0.15, -0.1) is 0 Å². The van der Waals surface area contributed by atoms with Gasteiger partial charge in [-0.05, 0) is 12.1 Å². The Morgan fingerprint density at radius 2 is 1.65 bits per heavy atom. The number of nitrogens with zero attached hydrogens (tertiary/aromatic N) is 1. The van der Waals surface area contributed by atoms with Gasteiger partial charge in [-0.3, -0.25) is 14.7 Å². The highest BCUT2D eigenvalue weighted by atomic mass is 16.2. The monoisotopic (exact) mass is 224 g/mol. The summed E-state index contributed by atoms with van der Waals surface area (Å²) in [5, 5.41) is 6.47. The molecule has 0 amide bonds. The number of hydrogen-bond donors (Lipinski definition) is 1. The van der Waals surface area contributed by atoms with Gasteiger partial charge in [0.2, 0.25) is 0 Å². The van der Waals surface area contributed by atoms with Crippen LogP contribution in [0.1, 0.15) is 26.4 Å². The molecule has 0 radical (unpaired) electrons. The van der Waals surface area contributed by atoms with E-state index in [1.54, 1.807) is 36.5 Å². The zero-order valence-electron chi connectivity index (χ0n) is 8.81. The number of carbonyl (C=O) groups excluding carboxylic acids is 2. The van der Waals surface area contributed by atoms with Crippen molar-refractivity contribution in [2.75, 3.05) is 0 Å². The summed E-state index contributed by atoms with van der Waals surface area (Å²) >= 11 is 0. The minimum absolute atomic E-state index is 0.190. The molecule has 0 unspecified atom stereocenters. The lowest BCUT2D eigenvalue weighted by molar-refractivity contribution is 0.0990. The molecular weight excluding hydrogens is 216 g/mol. The maximum atomic E-state index is 12.0. The van der Waals surface area contributed by atoms with Crippen molar-refractivity contribution in [3.8, 4) is 0 Å². The molecule has 2 aromatic rings. The maximum Gasteiger partial charge on any atom is 0.197 e. The second kappa shape index (κ2) is 3.52. The first kappa shape index (κ1) is 9.72. The predicted molar refractivity (Wildman–Crippen MR) is 61.7 cm³/mol. The number of fused-ring (bicyclic) bond motifs is 1. The van der Waals surface area contributed by atoms with Crippen LogP contribution in [0.3, 0.4) is 0 Å². The standard InChI is InChI=1S/C13H8N2O2/c16-12-9-3-1-2-4-10(9)13(17)11(12)7-8-5-6-14-15-8/h1-7H,(H,14,15). The molecule has 1 aliphatic carbocycles. The van der Waals surface area contributed by atoms with Crippen LogP contribution in [0.25, 0.3) is 6.08 Å². The molecule has 3 rings (SSSR count). The minimum Gasteiger partial charge on any atom is -0.288 e. The Balaban J connectivity index is 2.13. The lowest BCUT2D eigenvalue weighted by atomic mass is 10.1. The Kier molecular flexibility index (Phi) is 2.01. The molecule has 0 spiro atoms. The average molecular weight is 224 g/mol. The van der Waals surface area contributed by atoms with Crippen molar-refractivity contribution in [2.24, 2.45) is 0 Å². The average Bonchev–Trinajstić information content (AvgIpc) is 2.94. The molecule has 0 saturated carbocycles. The number of hydrogen-bond acceptors (Lipinski definition) is 3. The molecule has 4 nitrogen and oxygen atoms in total. The molecule has 82 valence electrons. The summed E-state index contributed by atoms with van der Waals surface area (Å²) in [7, 11) is 0. The molecule has 1 aliphatic rings. The van der Waals surface area contributed by atoms with E-state index in [-0.39, 0.29) is 17.1 Å². The Hall–Kier alpha value is -2.49. The smallest absolute Gasteiger partial charge is 0.197 e. The van der Waals surface area contributed by atoms with Crippen LogP contribution in [0.5, 0.6) is 0 Å². The van der Waals surface area contributed by atoms with Gasteiger partial charge in [0.15, 0.2) is 11.6 Å². The first-order valence-corrected chi connectivity index (χ1v) is 5.17. The van der Waals surface area contributed by atoms with Gasteiger partial charge < -0.3 is 0 Å². The van der Waals surface area contributed by atoms with Crippen LogP contribution in [-0.2, 0) is 0 Å². The lowest BCUT2D eigenvalue weighted by Crippen LogP contribution is -2.00. The van der Waals surface area contributed by atoms with Crippen molar-refractivity contribution in [1.82, 2.24) is 10.2 Å². The predicted octanol–water partition coefficient (Wildman–Crippen LogP) is 1.87. The highest BCUT2D eigenvalue weighted by Gasteiger charge is 2.32. The Labute approximate surface area is 97.0 Å². The number of ketones is 2. The van der Waals surface area contributed by atoms with Gasteiger partial charge >= 0.3 is 0 Å². The van der Waals surface area contributed by atoms with Crippen molar-refractivity contribution in [3.63, 3.8) is 0 Å². The summed E-state index contributed by atoms with van der Waals surface area (Å²) in [6, 6.07) is 8.55. The number of H-pyrrole nitrogens is 1. The Morgan fingerprint density at radius 1 is 1.00 bits per heavy atom. The van der Waals surface area contributed by atoms with Crippen LogP contribution in [0, 0.1) is 0 Å². The zero-order valence-corrected chi connectivity index (χ0v) is 8.81. The number of rotatable bonds is 1. The third-order valence-corrected chi connectivity index (χ3v) is 2.73. The number of aromatic amines is 1. The summed E-state index contributed by atoms with van der Waals surface area (Å²) in [6.07, 6.45) is 3.11. The number of allylic oxidation sites excluding steroid dienone is 1. The highest BCUT2D eigenvalue weighted by Crippen LogP contribution is 2.27. The summed E-state index contributed by atoms with van der Waals surface area (Å²) in [5.74, 6) is -0.444. The van der Waals surface area contributed by atoms with Crippen molar-refractivity contribution in [2.45, 2.75) is 0 Å². The molecular formula is C13H8N2O2. The van der Waals surface area contributed by atoms with E-state index in [0.29, 0.717) is 16.8 Å². The molecule has 0 saturated heterocycles. The fourth-order valence-electron chi connectivity index (χ4n) is 1.91. The van der Waals surface area contributed by atoms with Crippen LogP contribution in [0.2, 0.25) is 0 Å². The number of nitrogens with one attached hydrogen (secondary N) is 1. The summed E-state index contributed by atoms with van der Waals surface area (Å²) in [5.41, 5.74) is 1.79. The van der Waals surface area contributed by atoms with E-state index in [4.69, 9.17) is 0 Å². The molecule has 0 fully saturated rings. The second-order valence-corrected chi connectivity index (χ2v) is 3.77. The van der Waals surface area contributed by atoms with Crippen LogP contribution >= 0.6 is 0 Å². The number of Topliss-reactive ketones (excluding diaryl/α,β-unsaturated/α-hetero) is 2. The van der Waals surface area contributed by atoms with E-state index in [0.717, 1.165) is 0 Å². The van der Waals surface area contributed by atoms with Gasteiger partial charge in [0.1, 0.15) is 0 Å². The summed E-state index contributed by atoms with van der Waals surface area (Å²) < 4.78 is 0. The third-order valence-electron chi connectivity index (χ3n) is 2.73. The highest BCUT2D eigenvalue weighted by molar-refractivity contribution is 6.41. The molecule has 1 aromatic heterocycles. The summed E-state index contributed by atoms with van der Waals surface area (Å²) in [6.45, 7) is 0. The fourth-order valence-corrected chi connectivity index (χ4v) is 1.91.